The molecule has 10 nitrogen and oxygen atoms in total. The van der Waals surface area contributed by atoms with Crippen LogP contribution in [0.25, 0.3) is 17.4 Å². The van der Waals surface area contributed by atoms with Crippen LogP contribution in [0.4, 0.5) is 11.9 Å². The number of fused-ring (bicyclic) bond motifs is 1. The zero-order valence-corrected chi connectivity index (χ0v) is 16.4. The van der Waals surface area contributed by atoms with Gasteiger partial charge in [-0.15, -0.1) is 5.10 Å². The van der Waals surface area contributed by atoms with Gasteiger partial charge >= 0.3 is 0 Å². The zero-order chi connectivity index (χ0) is 19.1. The van der Waals surface area contributed by atoms with Crippen molar-refractivity contribution in [2.24, 2.45) is 0 Å². The molecule has 5 heterocycles. The van der Waals surface area contributed by atoms with Gasteiger partial charge < -0.3 is 19.5 Å². The van der Waals surface area contributed by atoms with E-state index in [1.165, 1.54) is 4.52 Å². The van der Waals surface area contributed by atoms with Gasteiger partial charge in [0.25, 0.3) is 5.78 Å². The molecule has 0 atom stereocenters. The van der Waals surface area contributed by atoms with Crippen molar-refractivity contribution in [3.05, 3.63) is 41.0 Å². The summed E-state index contributed by atoms with van der Waals surface area (Å²) in [5.74, 6) is 3.13. The largest absolute Gasteiger partial charge is 0.461 e. The number of nitrogen functional groups attached to an aromatic ring is 1. The summed E-state index contributed by atoms with van der Waals surface area (Å²) in [6.07, 6.45) is 1.57. The van der Waals surface area contributed by atoms with Crippen molar-refractivity contribution >= 4 is 33.6 Å². The zero-order valence-electron chi connectivity index (χ0n) is 14.8. The molecule has 1 aliphatic rings. The molecule has 5 rings (SSSR count). The monoisotopic (exact) mass is 444 g/mol. The smallest absolute Gasteiger partial charge is 0.259 e. The number of aromatic nitrogens is 5. The van der Waals surface area contributed by atoms with Crippen LogP contribution < -0.4 is 10.6 Å². The third kappa shape index (κ3) is 3.22. The summed E-state index contributed by atoms with van der Waals surface area (Å²) in [5, 5.41) is 4.32. The Labute approximate surface area is 168 Å². The van der Waals surface area contributed by atoms with Crippen LogP contribution in [0.1, 0.15) is 5.76 Å². The third-order valence-corrected chi connectivity index (χ3v) is 5.05. The lowest BCUT2D eigenvalue weighted by atomic mass is 10.3. The van der Waals surface area contributed by atoms with Crippen molar-refractivity contribution in [1.29, 1.82) is 0 Å². The van der Waals surface area contributed by atoms with E-state index in [0.717, 1.165) is 43.2 Å². The Balaban J connectivity index is 1.32. The quantitative estimate of drug-likeness (QED) is 0.504. The molecule has 0 spiro atoms. The number of rotatable bonds is 4. The van der Waals surface area contributed by atoms with Gasteiger partial charge in [0.1, 0.15) is 5.76 Å². The highest BCUT2D eigenvalue weighted by Gasteiger charge is 2.22. The Bertz CT molecular complexity index is 1100. The van der Waals surface area contributed by atoms with E-state index in [1.54, 1.807) is 18.4 Å². The average Bonchev–Trinajstić information content (AvgIpc) is 3.42. The minimum Gasteiger partial charge on any atom is -0.461 e. The highest BCUT2D eigenvalue weighted by molar-refractivity contribution is 9.10. The standard InChI is InChI=1S/C17H17BrN8O2/c18-13-4-3-11(28-13)10-24-5-7-25(8-6-24)16-21-15(19)26-17(22-16)20-14(23-26)12-2-1-9-27-12/h1-4,9H,5-8,10H2,(H2,19,20,21,22,23). The number of anilines is 2. The van der Waals surface area contributed by atoms with Crippen molar-refractivity contribution in [3.8, 4) is 11.6 Å². The summed E-state index contributed by atoms with van der Waals surface area (Å²) < 4.78 is 13.1. The second-order valence-corrected chi connectivity index (χ2v) is 7.26. The predicted molar refractivity (Wildman–Crippen MR) is 105 cm³/mol. The molecule has 1 saturated heterocycles. The fourth-order valence-corrected chi connectivity index (χ4v) is 3.55. The summed E-state index contributed by atoms with van der Waals surface area (Å²) in [5.41, 5.74) is 6.09. The molecular weight excluding hydrogens is 428 g/mol. The fraction of sp³-hybridized carbons (Fsp3) is 0.294. The summed E-state index contributed by atoms with van der Waals surface area (Å²) in [6.45, 7) is 4.10. The lowest BCUT2D eigenvalue weighted by Gasteiger charge is -2.34. The SMILES string of the molecule is Nc1nc(N2CCN(Cc3ccc(Br)o3)CC2)nc2nc(-c3ccco3)nn12. The van der Waals surface area contributed by atoms with Crippen molar-refractivity contribution in [1.82, 2.24) is 29.5 Å². The first-order valence-corrected chi connectivity index (χ1v) is 9.61. The minimum absolute atomic E-state index is 0.244. The minimum atomic E-state index is 0.244. The maximum atomic E-state index is 6.09. The summed E-state index contributed by atoms with van der Waals surface area (Å²) >= 11 is 3.34. The second kappa shape index (κ2) is 6.91. The van der Waals surface area contributed by atoms with E-state index >= 15 is 0 Å². The maximum absolute atomic E-state index is 6.09. The van der Waals surface area contributed by atoms with Gasteiger partial charge in [-0.05, 0) is 40.2 Å². The van der Waals surface area contributed by atoms with Gasteiger partial charge in [0, 0.05) is 26.2 Å². The molecule has 1 aliphatic heterocycles. The molecule has 0 aromatic carbocycles. The molecule has 0 aliphatic carbocycles. The van der Waals surface area contributed by atoms with E-state index < -0.39 is 0 Å². The maximum Gasteiger partial charge on any atom is 0.259 e. The molecule has 0 bridgehead atoms. The van der Waals surface area contributed by atoms with Gasteiger partial charge in [-0.1, -0.05) is 0 Å². The van der Waals surface area contributed by atoms with Crippen LogP contribution in [-0.4, -0.2) is 55.6 Å². The molecule has 1 fully saturated rings. The summed E-state index contributed by atoms with van der Waals surface area (Å²) in [4.78, 5) is 17.8. The molecule has 11 heteroatoms. The molecule has 144 valence electrons. The van der Waals surface area contributed by atoms with E-state index in [1.807, 2.05) is 12.1 Å². The molecule has 0 unspecified atom stereocenters. The van der Waals surface area contributed by atoms with Gasteiger partial charge in [0.15, 0.2) is 10.4 Å². The summed E-state index contributed by atoms with van der Waals surface area (Å²) in [7, 11) is 0. The van der Waals surface area contributed by atoms with E-state index in [2.05, 4.69) is 45.8 Å². The van der Waals surface area contributed by atoms with Crippen LogP contribution >= 0.6 is 15.9 Å². The van der Waals surface area contributed by atoms with Gasteiger partial charge in [-0.3, -0.25) is 4.90 Å². The number of hydrogen-bond acceptors (Lipinski definition) is 9. The number of furan rings is 2. The number of nitrogens with two attached hydrogens (primary N) is 1. The van der Waals surface area contributed by atoms with Crippen LogP contribution in [0.3, 0.4) is 0 Å². The topological polar surface area (TPSA) is 115 Å². The first-order chi connectivity index (χ1) is 13.7. The number of halogens is 1. The molecule has 0 amide bonds. The molecule has 28 heavy (non-hydrogen) atoms. The Morgan fingerprint density at radius 3 is 2.64 bits per heavy atom. The van der Waals surface area contributed by atoms with Crippen molar-refractivity contribution in [2.75, 3.05) is 36.8 Å². The van der Waals surface area contributed by atoms with Gasteiger partial charge in [0.2, 0.25) is 17.7 Å². The lowest BCUT2D eigenvalue weighted by Crippen LogP contribution is -2.46. The van der Waals surface area contributed by atoms with E-state index in [9.17, 15) is 0 Å². The Morgan fingerprint density at radius 1 is 1.07 bits per heavy atom. The predicted octanol–water partition coefficient (Wildman–Crippen LogP) is 2.04. The fourth-order valence-electron chi connectivity index (χ4n) is 3.21. The van der Waals surface area contributed by atoms with Gasteiger partial charge in [0.05, 0.1) is 12.8 Å². The lowest BCUT2D eigenvalue weighted by molar-refractivity contribution is 0.228. The van der Waals surface area contributed by atoms with Crippen LogP contribution in [0.5, 0.6) is 0 Å². The molecule has 0 radical (unpaired) electrons. The molecule has 4 aromatic rings. The Hall–Kier alpha value is -2.92. The van der Waals surface area contributed by atoms with Crippen molar-refractivity contribution < 1.29 is 8.83 Å². The third-order valence-electron chi connectivity index (χ3n) is 4.63. The molecule has 2 N–H and O–H groups in total. The van der Waals surface area contributed by atoms with Crippen molar-refractivity contribution in [2.45, 2.75) is 6.54 Å². The van der Waals surface area contributed by atoms with Crippen LogP contribution in [-0.2, 0) is 6.54 Å². The van der Waals surface area contributed by atoms with Crippen LogP contribution in [0.15, 0.2) is 44.0 Å². The Kier molecular flexibility index (Phi) is 4.24. The second-order valence-electron chi connectivity index (χ2n) is 6.48. The van der Waals surface area contributed by atoms with E-state index in [4.69, 9.17) is 14.6 Å². The van der Waals surface area contributed by atoms with Gasteiger partial charge in [-0.2, -0.15) is 19.5 Å². The first kappa shape index (κ1) is 17.2. The average molecular weight is 445 g/mol. The number of piperazine rings is 1. The number of nitrogens with zero attached hydrogens (tertiary/aromatic N) is 7. The molecule has 4 aromatic heterocycles. The molecular formula is C17H17BrN8O2. The first-order valence-electron chi connectivity index (χ1n) is 8.81. The highest BCUT2D eigenvalue weighted by atomic mass is 79.9. The normalized spacial score (nSPS) is 15.5. The van der Waals surface area contributed by atoms with E-state index in [0.29, 0.717) is 23.3 Å². The van der Waals surface area contributed by atoms with Gasteiger partial charge in [-0.25, -0.2) is 0 Å². The van der Waals surface area contributed by atoms with Crippen LogP contribution in [0.2, 0.25) is 0 Å². The van der Waals surface area contributed by atoms with Crippen molar-refractivity contribution in [3.63, 3.8) is 0 Å². The van der Waals surface area contributed by atoms with E-state index in [-0.39, 0.29) is 5.95 Å². The van der Waals surface area contributed by atoms with Crippen LogP contribution in [0, 0.1) is 0 Å². The molecule has 0 saturated carbocycles. The number of hydrogen-bond donors (Lipinski definition) is 1. The highest BCUT2D eigenvalue weighted by Crippen LogP contribution is 2.20. The Morgan fingerprint density at radius 2 is 1.93 bits per heavy atom. The summed E-state index contributed by atoms with van der Waals surface area (Å²) in [6, 6.07) is 7.46.